The molecule has 0 aliphatic carbocycles. The van der Waals surface area contributed by atoms with Crippen LogP contribution < -0.4 is 15.8 Å². The fraction of sp³-hybridized carbons (Fsp3) is 0.600. The summed E-state index contributed by atoms with van der Waals surface area (Å²) < 4.78 is 5.21. The highest BCUT2D eigenvalue weighted by molar-refractivity contribution is 5.59. The number of nitrogens with two attached hydrogens (primary N) is 1. The first kappa shape index (κ1) is 15.6. The normalized spacial score (nSPS) is 11.4. The molecule has 19 heavy (non-hydrogen) atoms. The molecule has 4 nitrogen and oxygen atoms in total. The number of hydrogen-bond donors (Lipinski definition) is 2. The lowest BCUT2D eigenvalue weighted by Crippen LogP contribution is -2.40. The molecule has 1 rings (SSSR count). The molecule has 3 N–H and O–H groups in total. The van der Waals surface area contributed by atoms with E-state index in [0.717, 1.165) is 24.5 Å². The van der Waals surface area contributed by atoms with Gasteiger partial charge in [0, 0.05) is 48.7 Å². The van der Waals surface area contributed by atoms with E-state index in [0.29, 0.717) is 17.8 Å². The Morgan fingerprint density at radius 1 is 1.16 bits per heavy atom. The van der Waals surface area contributed by atoms with Crippen molar-refractivity contribution < 1.29 is 4.74 Å². The number of hydrogen-bond acceptors (Lipinski definition) is 4. The lowest BCUT2D eigenvalue weighted by molar-refractivity contribution is 0.182. The maximum Gasteiger partial charge on any atom is 0.122 e. The van der Waals surface area contributed by atoms with Crippen LogP contribution in [-0.4, -0.2) is 37.2 Å². The third-order valence-electron chi connectivity index (χ3n) is 3.19. The Balaban J connectivity index is 2.55. The van der Waals surface area contributed by atoms with Crippen molar-refractivity contribution in [1.82, 2.24) is 4.90 Å². The average Bonchev–Trinajstić information content (AvgIpc) is 2.32. The van der Waals surface area contributed by atoms with Crippen LogP contribution in [0.4, 0.5) is 11.4 Å². The monoisotopic (exact) mass is 265 g/mol. The van der Waals surface area contributed by atoms with Gasteiger partial charge < -0.3 is 15.8 Å². The molecule has 0 spiro atoms. The number of rotatable bonds is 7. The molecule has 1 aromatic carbocycles. The van der Waals surface area contributed by atoms with Gasteiger partial charge in [-0.15, -0.1) is 0 Å². The van der Waals surface area contributed by atoms with Gasteiger partial charge in [0.25, 0.3) is 0 Å². The quantitative estimate of drug-likeness (QED) is 0.744. The summed E-state index contributed by atoms with van der Waals surface area (Å²) in [5.74, 6) is 0.784. The van der Waals surface area contributed by atoms with Gasteiger partial charge >= 0.3 is 0 Å². The Morgan fingerprint density at radius 2 is 1.79 bits per heavy atom. The van der Waals surface area contributed by atoms with Crippen LogP contribution >= 0.6 is 0 Å². The highest BCUT2D eigenvalue weighted by Crippen LogP contribution is 2.22. The molecule has 0 atom stereocenters. The van der Waals surface area contributed by atoms with Gasteiger partial charge in [0.05, 0.1) is 7.11 Å². The highest BCUT2D eigenvalue weighted by Gasteiger charge is 2.12. The Morgan fingerprint density at radius 3 is 2.32 bits per heavy atom. The SMILES string of the molecule is COc1cc(N)cc(NCCN(C(C)C)C(C)C)c1. The van der Waals surface area contributed by atoms with Crippen LogP contribution in [0, 0.1) is 0 Å². The van der Waals surface area contributed by atoms with E-state index in [4.69, 9.17) is 10.5 Å². The van der Waals surface area contributed by atoms with E-state index in [1.54, 1.807) is 7.11 Å². The molecular formula is C15H27N3O. The van der Waals surface area contributed by atoms with E-state index in [9.17, 15) is 0 Å². The van der Waals surface area contributed by atoms with Gasteiger partial charge in [-0.05, 0) is 33.8 Å². The summed E-state index contributed by atoms with van der Waals surface area (Å²) in [6.45, 7) is 10.8. The minimum absolute atomic E-state index is 0.553. The first-order chi connectivity index (χ1) is 8.93. The van der Waals surface area contributed by atoms with Gasteiger partial charge in [-0.25, -0.2) is 0 Å². The fourth-order valence-corrected chi connectivity index (χ4v) is 2.28. The van der Waals surface area contributed by atoms with E-state index in [1.807, 2.05) is 18.2 Å². The standard InChI is InChI=1S/C15H27N3O/c1-11(2)18(12(3)4)7-6-17-14-8-13(16)9-15(10-14)19-5/h8-12,17H,6-7,16H2,1-5H3. The average molecular weight is 265 g/mol. The lowest BCUT2D eigenvalue weighted by atomic mass is 10.2. The number of ether oxygens (including phenoxy) is 1. The van der Waals surface area contributed by atoms with Crippen LogP contribution in [0.5, 0.6) is 5.75 Å². The number of benzene rings is 1. The molecule has 0 saturated carbocycles. The third-order valence-corrected chi connectivity index (χ3v) is 3.19. The third kappa shape index (κ3) is 4.99. The molecule has 0 amide bonds. The van der Waals surface area contributed by atoms with Crippen molar-refractivity contribution in [3.05, 3.63) is 18.2 Å². The maximum atomic E-state index is 5.83. The fourth-order valence-electron chi connectivity index (χ4n) is 2.28. The van der Waals surface area contributed by atoms with Crippen molar-refractivity contribution in [3.63, 3.8) is 0 Å². The molecule has 0 aliphatic rings. The first-order valence-corrected chi connectivity index (χ1v) is 6.88. The zero-order chi connectivity index (χ0) is 14.4. The Kier molecular flexibility index (Phi) is 5.96. The Labute approximate surface area is 116 Å². The maximum absolute atomic E-state index is 5.83. The van der Waals surface area contributed by atoms with Crippen LogP contribution in [0.15, 0.2) is 18.2 Å². The Bertz CT molecular complexity index is 383. The molecule has 0 unspecified atom stereocenters. The topological polar surface area (TPSA) is 50.5 Å². The molecule has 0 bridgehead atoms. The number of nitrogens with one attached hydrogen (secondary N) is 1. The molecule has 108 valence electrons. The molecule has 0 heterocycles. The molecule has 1 aromatic rings. The van der Waals surface area contributed by atoms with Gasteiger partial charge in [-0.2, -0.15) is 0 Å². The lowest BCUT2D eigenvalue weighted by Gasteiger charge is -2.30. The molecule has 0 saturated heterocycles. The molecule has 0 aromatic heterocycles. The zero-order valence-corrected chi connectivity index (χ0v) is 12.7. The van der Waals surface area contributed by atoms with Crippen molar-refractivity contribution in [1.29, 1.82) is 0 Å². The summed E-state index contributed by atoms with van der Waals surface area (Å²) in [6, 6.07) is 6.82. The van der Waals surface area contributed by atoms with Gasteiger partial charge in [0.15, 0.2) is 0 Å². The summed E-state index contributed by atoms with van der Waals surface area (Å²) in [7, 11) is 1.65. The second kappa shape index (κ2) is 7.24. The van der Waals surface area contributed by atoms with Crippen LogP contribution in [0.2, 0.25) is 0 Å². The van der Waals surface area contributed by atoms with E-state index < -0.39 is 0 Å². The second-order valence-electron chi connectivity index (χ2n) is 5.35. The molecule has 0 radical (unpaired) electrons. The predicted molar refractivity (Wildman–Crippen MR) is 82.9 cm³/mol. The predicted octanol–water partition coefficient (Wildman–Crippen LogP) is 2.81. The van der Waals surface area contributed by atoms with Crippen LogP contribution in [-0.2, 0) is 0 Å². The smallest absolute Gasteiger partial charge is 0.122 e. The molecule has 0 fully saturated rings. The summed E-state index contributed by atoms with van der Waals surface area (Å²) in [6.07, 6.45) is 0. The van der Waals surface area contributed by atoms with Crippen molar-refractivity contribution in [3.8, 4) is 5.75 Å². The molecular weight excluding hydrogens is 238 g/mol. The first-order valence-electron chi connectivity index (χ1n) is 6.88. The summed E-state index contributed by atoms with van der Waals surface area (Å²) in [4.78, 5) is 2.45. The van der Waals surface area contributed by atoms with Crippen LogP contribution in [0.25, 0.3) is 0 Å². The van der Waals surface area contributed by atoms with Crippen molar-refractivity contribution >= 4 is 11.4 Å². The van der Waals surface area contributed by atoms with E-state index in [-0.39, 0.29) is 0 Å². The van der Waals surface area contributed by atoms with E-state index in [1.165, 1.54) is 0 Å². The number of methoxy groups -OCH3 is 1. The van der Waals surface area contributed by atoms with Gasteiger partial charge in [-0.1, -0.05) is 0 Å². The van der Waals surface area contributed by atoms with Crippen molar-refractivity contribution in [2.24, 2.45) is 0 Å². The van der Waals surface area contributed by atoms with E-state index >= 15 is 0 Å². The van der Waals surface area contributed by atoms with Crippen LogP contribution in [0.3, 0.4) is 0 Å². The highest BCUT2D eigenvalue weighted by atomic mass is 16.5. The van der Waals surface area contributed by atoms with Gasteiger partial charge in [-0.3, -0.25) is 4.90 Å². The zero-order valence-electron chi connectivity index (χ0n) is 12.7. The van der Waals surface area contributed by atoms with Crippen molar-refractivity contribution in [2.75, 3.05) is 31.2 Å². The minimum atomic E-state index is 0.553. The number of anilines is 2. The molecule has 4 heteroatoms. The number of nitrogen functional groups attached to an aromatic ring is 1. The Hall–Kier alpha value is -1.42. The largest absolute Gasteiger partial charge is 0.497 e. The number of nitrogens with zero attached hydrogens (tertiary/aromatic N) is 1. The van der Waals surface area contributed by atoms with Gasteiger partial charge in [0.2, 0.25) is 0 Å². The van der Waals surface area contributed by atoms with E-state index in [2.05, 4.69) is 37.9 Å². The van der Waals surface area contributed by atoms with Gasteiger partial charge in [0.1, 0.15) is 5.75 Å². The van der Waals surface area contributed by atoms with Crippen molar-refractivity contribution in [2.45, 2.75) is 39.8 Å². The minimum Gasteiger partial charge on any atom is -0.497 e. The summed E-state index contributed by atoms with van der Waals surface area (Å²) >= 11 is 0. The summed E-state index contributed by atoms with van der Waals surface area (Å²) in [5.41, 5.74) is 7.55. The van der Waals surface area contributed by atoms with Crippen LogP contribution in [0.1, 0.15) is 27.7 Å². The second-order valence-corrected chi connectivity index (χ2v) is 5.35. The summed E-state index contributed by atoms with van der Waals surface area (Å²) in [5, 5.41) is 3.40. The molecule has 0 aliphatic heterocycles.